The minimum absolute atomic E-state index is 0.0531. The molecule has 3 rings (SSSR count). The lowest BCUT2D eigenvalue weighted by Gasteiger charge is -2.23. The predicted octanol–water partition coefficient (Wildman–Crippen LogP) is 0.924. The van der Waals surface area contributed by atoms with Crippen LogP contribution in [-0.2, 0) is 16.1 Å². The van der Waals surface area contributed by atoms with Crippen LogP contribution in [0.15, 0.2) is 22.6 Å². The van der Waals surface area contributed by atoms with Gasteiger partial charge in [-0.1, -0.05) is 0 Å². The Morgan fingerprint density at radius 1 is 1.45 bits per heavy atom. The number of aromatic nitrogens is 2. The van der Waals surface area contributed by atoms with E-state index in [1.807, 2.05) is 0 Å². The maximum atomic E-state index is 12.4. The van der Waals surface area contributed by atoms with Gasteiger partial charge < -0.3 is 10.0 Å². The van der Waals surface area contributed by atoms with Crippen molar-refractivity contribution in [3.63, 3.8) is 0 Å². The van der Waals surface area contributed by atoms with E-state index >= 15 is 0 Å². The molecule has 1 unspecified atom stereocenters. The van der Waals surface area contributed by atoms with Crippen LogP contribution in [0.25, 0.3) is 10.2 Å². The number of rotatable bonds is 4. The molecule has 0 aliphatic carbocycles. The Hall–Kier alpha value is -2.22. The van der Waals surface area contributed by atoms with Crippen LogP contribution in [0.5, 0.6) is 0 Å². The van der Waals surface area contributed by atoms with Crippen molar-refractivity contribution in [2.24, 2.45) is 0 Å². The standard InChI is InChI=1S/C14H15N3O4S/c18-11(17-4-1-2-9(17)6-12(19)20)7-16-8-15-13-10(14(16)21)3-5-22-13/h3,5,8-9H,1-2,4,6-7H2,(H,19,20). The fourth-order valence-corrected chi connectivity index (χ4v) is 3.54. The fourth-order valence-electron chi connectivity index (χ4n) is 2.82. The van der Waals surface area contributed by atoms with Crippen molar-refractivity contribution in [2.75, 3.05) is 6.54 Å². The Labute approximate surface area is 129 Å². The van der Waals surface area contributed by atoms with E-state index in [1.54, 1.807) is 16.3 Å². The lowest BCUT2D eigenvalue weighted by Crippen LogP contribution is -2.40. The first-order chi connectivity index (χ1) is 10.6. The summed E-state index contributed by atoms with van der Waals surface area (Å²) in [5.41, 5.74) is -0.242. The van der Waals surface area contributed by atoms with Crippen LogP contribution >= 0.6 is 11.3 Å². The summed E-state index contributed by atoms with van der Waals surface area (Å²) < 4.78 is 1.29. The monoisotopic (exact) mass is 321 g/mol. The SMILES string of the molecule is O=C(O)CC1CCCN1C(=O)Cn1cnc2sccc2c1=O. The normalized spacial score (nSPS) is 18.0. The summed E-state index contributed by atoms with van der Waals surface area (Å²) in [5.74, 6) is -1.15. The summed E-state index contributed by atoms with van der Waals surface area (Å²) in [6.45, 7) is 0.438. The van der Waals surface area contributed by atoms with Crippen molar-refractivity contribution in [3.05, 3.63) is 28.1 Å². The van der Waals surface area contributed by atoms with Crippen LogP contribution in [0.4, 0.5) is 0 Å². The molecule has 1 amide bonds. The Kier molecular flexibility index (Phi) is 3.93. The number of carbonyl (C=O) groups is 2. The van der Waals surface area contributed by atoms with Crippen LogP contribution in [0.3, 0.4) is 0 Å². The molecule has 0 spiro atoms. The number of likely N-dealkylation sites (tertiary alicyclic amines) is 1. The molecule has 22 heavy (non-hydrogen) atoms. The smallest absolute Gasteiger partial charge is 0.305 e. The van der Waals surface area contributed by atoms with Gasteiger partial charge in [-0.25, -0.2) is 4.98 Å². The molecule has 1 aliphatic rings. The Morgan fingerprint density at radius 3 is 3.05 bits per heavy atom. The van der Waals surface area contributed by atoms with Gasteiger partial charge >= 0.3 is 5.97 Å². The van der Waals surface area contributed by atoms with Crippen molar-refractivity contribution in [3.8, 4) is 0 Å². The predicted molar refractivity (Wildman–Crippen MR) is 80.9 cm³/mol. The van der Waals surface area contributed by atoms with E-state index in [1.165, 1.54) is 22.2 Å². The topological polar surface area (TPSA) is 92.5 Å². The molecule has 116 valence electrons. The Morgan fingerprint density at radius 2 is 2.27 bits per heavy atom. The molecule has 1 N–H and O–H groups in total. The van der Waals surface area contributed by atoms with Crippen LogP contribution in [-0.4, -0.2) is 44.0 Å². The van der Waals surface area contributed by atoms with E-state index in [0.29, 0.717) is 23.2 Å². The van der Waals surface area contributed by atoms with Crippen LogP contribution in [0.2, 0.25) is 0 Å². The van der Waals surface area contributed by atoms with Gasteiger partial charge in [-0.05, 0) is 24.3 Å². The van der Waals surface area contributed by atoms with E-state index in [9.17, 15) is 14.4 Å². The summed E-state index contributed by atoms with van der Waals surface area (Å²) in [6.07, 6.45) is 2.80. The maximum Gasteiger partial charge on any atom is 0.305 e. The third-order valence-corrected chi connectivity index (χ3v) is 4.68. The maximum absolute atomic E-state index is 12.4. The Balaban J connectivity index is 1.79. The molecule has 2 aromatic rings. The van der Waals surface area contributed by atoms with Gasteiger partial charge in [-0.3, -0.25) is 19.0 Å². The zero-order chi connectivity index (χ0) is 15.7. The number of thiophene rings is 1. The third kappa shape index (κ3) is 2.74. The number of hydrogen-bond acceptors (Lipinski definition) is 5. The number of aliphatic carboxylic acids is 1. The van der Waals surface area contributed by atoms with E-state index < -0.39 is 5.97 Å². The highest BCUT2D eigenvalue weighted by molar-refractivity contribution is 7.16. The van der Waals surface area contributed by atoms with Crippen molar-refractivity contribution in [2.45, 2.75) is 31.8 Å². The first-order valence-corrected chi connectivity index (χ1v) is 7.88. The fraction of sp³-hybridized carbons (Fsp3) is 0.429. The number of fused-ring (bicyclic) bond motifs is 1. The zero-order valence-corrected chi connectivity index (χ0v) is 12.6. The second kappa shape index (κ2) is 5.88. The second-order valence-corrected chi connectivity index (χ2v) is 6.19. The molecule has 0 bridgehead atoms. The Bertz CT molecular complexity index is 782. The molecule has 0 aromatic carbocycles. The quantitative estimate of drug-likeness (QED) is 0.904. The van der Waals surface area contributed by atoms with Crippen LogP contribution in [0.1, 0.15) is 19.3 Å². The van der Waals surface area contributed by atoms with E-state index in [2.05, 4.69) is 4.98 Å². The lowest BCUT2D eigenvalue weighted by atomic mass is 10.1. The molecule has 0 saturated carbocycles. The van der Waals surface area contributed by atoms with Crippen LogP contribution < -0.4 is 5.56 Å². The van der Waals surface area contributed by atoms with E-state index in [4.69, 9.17) is 5.11 Å². The van der Waals surface area contributed by atoms with E-state index in [-0.39, 0.29) is 30.5 Å². The largest absolute Gasteiger partial charge is 0.481 e. The average Bonchev–Trinajstić information content (AvgIpc) is 3.10. The summed E-state index contributed by atoms with van der Waals surface area (Å²) in [7, 11) is 0. The number of carboxylic acid groups (broad SMARTS) is 1. The molecule has 1 atom stereocenters. The van der Waals surface area contributed by atoms with Gasteiger partial charge in [0.25, 0.3) is 5.56 Å². The first-order valence-electron chi connectivity index (χ1n) is 7.00. The first kappa shape index (κ1) is 14.7. The molecule has 1 aliphatic heterocycles. The second-order valence-electron chi connectivity index (χ2n) is 5.30. The highest BCUT2D eigenvalue weighted by Crippen LogP contribution is 2.20. The molecule has 7 nitrogen and oxygen atoms in total. The highest BCUT2D eigenvalue weighted by Gasteiger charge is 2.30. The van der Waals surface area contributed by atoms with Gasteiger partial charge in [-0.15, -0.1) is 11.3 Å². The van der Waals surface area contributed by atoms with Crippen LogP contribution in [0, 0.1) is 0 Å². The van der Waals surface area contributed by atoms with Crippen molar-refractivity contribution in [1.82, 2.24) is 14.5 Å². The van der Waals surface area contributed by atoms with E-state index in [0.717, 1.165) is 6.42 Å². The molecule has 0 radical (unpaired) electrons. The van der Waals surface area contributed by atoms with Crippen molar-refractivity contribution in [1.29, 1.82) is 0 Å². The molecule has 1 fully saturated rings. The molecule has 2 aromatic heterocycles. The summed E-state index contributed by atoms with van der Waals surface area (Å²) in [6, 6.07) is 1.41. The summed E-state index contributed by atoms with van der Waals surface area (Å²) in [5, 5.41) is 11.2. The molecular weight excluding hydrogens is 306 g/mol. The van der Waals surface area contributed by atoms with Crippen molar-refractivity contribution >= 4 is 33.4 Å². The lowest BCUT2D eigenvalue weighted by molar-refractivity contribution is -0.140. The van der Waals surface area contributed by atoms with Gasteiger partial charge in [0.05, 0.1) is 18.1 Å². The summed E-state index contributed by atoms with van der Waals surface area (Å²) in [4.78, 5) is 41.9. The number of carbonyl (C=O) groups excluding carboxylic acids is 1. The number of nitrogens with zero attached hydrogens (tertiary/aromatic N) is 3. The van der Waals surface area contributed by atoms with Gasteiger partial charge in [0.2, 0.25) is 5.91 Å². The molecule has 3 heterocycles. The third-order valence-electron chi connectivity index (χ3n) is 3.86. The van der Waals surface area contributed by atoms with Gasteiger partial charge in [0, 0.05) is 12.6 Å². The molecular formula is C14H15N3O4S. The number of amides is 1. The highest BCUT2D eigenvalue weighted by atomic mass is 32.1. The molecule has 8 heteroatoms. The summed E-state index contributed by atoms with van der Waals surface area (Å²) >= 11 is 1.38. The van der Waals surface area contributed by atoms with Gasteiger partial charge in [0.15, 0.2) is 0 Å². The average molecular weight is 321 g/mol. The van der Waals surface area contributed by atoms with Gasteiger partial charge in [-0.2, -0.15) is 0 Å². The zero-order valence-electron chi connectivity index (χ0n) is 11.8. The number of hydrogen-bond donors (Lipinski definition) is 1. The molecule has 1 saturated heterocycles. The van der Waals surface area contributed by atoms with Crippen molar-refractivity contribution < 1.29 is 14.7 Å². The minimum Gasteiger partial charge on any atom is -0.481 e. The number of carboxylic acids is 1. The van der Waals surface area contributed by atoms with Gasteiger partial charge in [0.1, 0.15) is 11.4 Å². The minimum atomic E-state index is -0.914.